The Kier molecular flexibility index (Phi) is 4.03. The van der Waals surface area contributed by atoms with Gasteiger partial charge in [0.05, 0.1) is 24.8 Å². The Morgan fingerprint density at radius 2 is 2.36 bits per heavy atom. The van der Waals surface area contributed by atoms with E-state index in [0.717, 1.165) is 36.8 Å². The smallest absolute Gasteiger partial charge is 0.226 e. The molecule has 1 saturated heterocycles. The van der Waals surface area contributed by atoms with Gasteiger partial charge in [-0.2, -0.15) is 0 Å². The minimum absolute atomic E-state index is 0.0208. The number of nitrogens with one attached hydrogen (secondary N) is 1. The molecule has 2 aromatic heterocycles. The molecule has 2 atom stereocenters. The third kappa shape index (κ3) is 3.04. The minimum Gasteiger partial charge on any atom is -0.467 e. The van der Waals surface area contributed by atoms with Crippen molar-refractivity contribution < 1.29 is 14.0 Å². The van der Waals surface area contributed by atoms with Crippen LogP contribution in [0, 0.1) is 5.92 Å². The summed E-state index contributed by atoms with van der Waals surface area (Å²) >= 11 is 0. The van der Waals surface area contributed by atoms with Crippen LogP contribution in [0.2, 0.25) is 0 Å². The molecule has 8 heteroatoms. The number of aryl methyl sites for hydroxylation is 1. The van der Waals surface area contributed by atoms with Crippen molar-refractivity contribution in [3.05, 3.63) is 35.8 Å². The first-order valence-electron chi connectivity index (χ1n) is 8.64. The number of likely N-dealkylation sites (tertiary alicyclic amines) is 1. The molecule has 1 N–H and O–H groups in total. The van der Waals surface area contributed by atoms with Crippen LogP contribution in [0.5, 0.6) is 0 Å². The van der Waals surface area contributed by atoms with E-state index in [0.29, 0.717) is 13.1 Å². The number of furan rings is 1. The van der Waals surface area contributed by atoms with Gasteiger partial charge in [0.2, 0.25) is 11.8 Å². The molecule has 2 aliphatic heterocycles. The highest BCUT2D eigenvalue weighted by atomic mass is 16.3. The van der Waals surface area contributed by atoms with E-state index in [1.54, 1.807) is 17.2 Å². The number of nitrogens with zero attached hydrogens (tertiary/aromatic N) is 4. The highest BCUT2D eigenvalue weighted by Crippen LogP contribution is 2.23. The lowest BCUT2D eigenvalue weighted by atomic mass is 10.1. The summed E-state index contributed by atoms with van der Waals surface area (Å²) < 4.78 is 7.36. The number of rotatable bonds is 5. The lowest BCUT2D eigenvalue weighted by molar-refractivity contribution is -0.129. The molecule has 0 bridgehead atoms. The predicted molar refractivity (Wildman–Crippen MR) is 87.1 cm³/mol. The van der Waals surface area contributed by atoms with Gasteiger partial charge in [0, 0.05) is 25.9 Å². The molecule has 0 aliphatic carbocycles. The molecule has 2 amide bonds. The van der Waals surface area contributed by atoms with Gasteiger partial charge in [0.15, 0.2) is 5.82 Å². The van der Waals surface area contributed by atoms with Crippen LogP contribution in [0.15, 0.2) is 22.8 Å². The molecule has 0 unspecified atom stereocenters. The zero-order valence-corrected chi connectivity index (χ0v) is 14.1. The summed E-state index contributed by atoms with van der Waals surface area (Å²) in [6.45, 7) is 3.63. The van der Waals surface area contributed by atoms with Gasteiger partial charge in [-0.1, -0.05) is 0 Å². The molecule has 0 radical (unpaired) electrons. The van der Waals surface area contributed by atoms with Crippen LogP contribution in [-0.4, -0.2) is 38.0 Å². The van der Waals surface area contributed by atoms with E-state index >= 15 is 0 Å². The Hall–Kier alpha value is -2.64. The van der Waals surface area contributed by atoms with Crippen LogP contribution in [0.3, 0.4) is 0 Å². The second-order valence-corrected chi connectivity index (χ2v) is 6.71. The number of hydrogen-bond acceptors (Lipinski definition) is 5. The number of fused-ring (bicyclic) bond motifs is 1. The lowest BCUT2D eigenvalue weighted by Gasteiger charge is -2.17. The lowest BCUT2D eigenvalue weighted by Crippen LogP contribution is -2.35. The second-order valence-electron chi connectivity index (χ2n) is 6.71. The molecule has 132 valence electrons. The summed E-state index contributed by atoms with van der Waals surface area (Å²) in [5, 5.41) is 11.4. The monoisotopic (exact) mass is 343 g/mol. The van der Waals surface area contributed by atoms with Crippen molar-refractivity contribution in [1.82, 2.24) is 25.0 Å². The maximum absolute atomic E-state index is 12.6. The summed E-state index contributed by atoms with van der Waals surface area (Å²) in [5.74, 6) is 2.02. The summed E-state index contributed by atoms with van der Waals surface area (Å²) in [4.78, 5) is 26.4. The summed E-state index contributed by atoms with van der Waals surface area (Å²) in [5.41, 5.74) is 0. The van der Waals surface area contributed by atoms with Crippen LogP contribution < -0.4 is 5.32 Å². The second kappa shape index (κ2) is 6.34. The largest absolute Gasteiger partial charge is 0.467 e. The average Bonchev–Trinajstić information content (AvgIpc) is 3.32. The van der Waals surface area contributed by atoms with E-state index in [1.165, 1.54) is 0 Å². The summed E-state index contributed by atoms with van der Waals surface area (Å²) in [6.07, 6.45) is 3.82. The molecule has 25 heavy (non-hydrogen) atoms. The van der Waals surface area contributed by atoms with E-state index in [-0.39, 0.29) is 30.2 Å². The standard InChI is InChI=1S/C17H21N5O3/c1-11(16-20-19-14-5-2-6-22(14)16)18-17(24)12-8-15(23)21(9-12)10-13-4-3-7-25-13/h3-4,7,11-12H,2,5-6,8-10H2,1H3,(H,18,24)/t11-,12+/m0/s1. The first-order valence-corrected chi connectivity index (χ1v) is 8.64. The van der Waals surface area contributed by atoms with E-state index in [1.807, 2.05) is 13.0 Å². The Morgan fingerprint density at radius 1 is 1.48 bits per heavy atom. The van der Waals surface area contributed by atoms with Gasteiger partial charge in [0.25, 0.3) is 0 Å². The SMILES string of the molecule is C[C@H](NC(=O)[C@@H]1CC(=O)N(Cc2ccco2)C1)c1nnc2n1CCC2. The van der Waals surface area contributed by atoms with Crippen LogP contribution in [0.25, 0.3) is 0 Å². The first kappa shape index (κ1) is 15.9. The van der Waals surface area contributed by atoms with Crippen molar-refractivity contribution in [1.29, 1.82) is 0 Å². The Morgan fingerprint density at radius 3 is 3.16 bits per heavy atom. The van der Waals surface area contributed by atoms with E-state index in [9.17, 15) is 9.59 Å². The maximum Gasteiger partial charge on any atom is 0.226 e. The molecule has 0 aromatic carbocycles. The van der Waals surface area contributed by atoms with E-state index in [4.69, 9.17) is 4.42 Å². The normalized spacial score (nSPS) is 20.8. The van der Waals surface area contributed by atoms with Crippen LogP contribution in [0.1, 0.15) is 43.2 Å². The third-order valence-electron chi connectivity index (χ3n) is 4.90. The number of hydrogen-bond donors (Lipinski definition) is 1. The van der Waals surface area contributed by atoms with Gasteiger partial charge in [-0.25, -0.2) is 0 Å². The van der Waals surface area contributed by atoms with Gasteiger partial charge in [0.1, 0.15) is 11.6 Å². The molecule has 2 aromatic rings. The van der Waals surface area contributed by atoms with E-state index in [2.05, 4.69) is 20.1 Å². The summed E-state index contributed by atoms with van der Waals surface area (Å²) in [7, 11) is 0. The van der Waals surface area contributed by atoms with Crippen LogP contribution in [0.4, 0.5) is 0 Å². The van der Waals surface area contributed by atoms with Crippen LogP contribution in [-0.2, 0) is 29.1 Å². The fourth-order valence-electron chi connectivity index (χ4n) is 3.58. The number of aromatic nitrogens is 3. The highest BCUT2D eigenvalue weighted by Gasteiger charge is 2.35. The van der Waals surface area contributed by atoms with Gasteiger partial charge < -0.3 is 19.2 Å². The average molecular weight is 343 g/mol. The minimum atomic E-state index is -0.342. The first-order chi connectivity index (χ1) is 12.1. The van der Waals surface area contributed by atoms with Gasteiger partial charge in [-0.05, 0) is 25.5 Å². The maximum atomic E-state index is 12.6. The van der Waals surface area contributed by atoms with Crippen molar-refractivity contribution in [2.24, 2.45) is 5.92 Å². The molecule has 1 fully saturated rings. The number of amides is 2. The number of carbonyl (C=O) groups excluding carboxylic acids is 2. The Labute approximate surface area is 145 Å². The molecule has 0 spiro atoms. The van der Waals surface area contributed by atoms with Crippen molar-refractivity contribution >= 4 is 11.8 Å². The number of carbonyl (C=O) groups is 2. The topological polar surface area (TPSA) is 93.3 Å². The fraction of sp³-hybridized carbons (Fsp3) is 0.529. The van der Waals surface area contributed by atoms with Gasteiger partial charge in [-0.15, -0.1) is 10.2 Å². The molecule has 4 heterocycles. The van der Waals surface area contributed by atoms with Gasteiger partial charge in [-0.3, -0.25) is 9.59 Å². The van der Waals surface area contributed by atoms with Gasteiger partial charge >= 0.3 is 0 Å². The molecule has 4 rings (SSSR count). The third-order valence-corrected chi connectivity index (χ3v) is 4.90. The zero-order chi connectivity index (χ0) is 17.4. The molecule has 2 aliphatic rings. The molecule has 0 saturated carbocycles. The molecule has 8 nitrogen and oxygen atoms in total. The quantitative estimate of drug-likeness (QED) is 0.876. The zero-order valence-electron chi connectivity index (χ0n) is 14.1. The molecular formula is C17H21N5O3. The Bertz CT molecular complexity index is 782. The van der Waals surface area contributed by atoms with Crippen molar-refractivity contribution in [3.8, 4) is 0 Å². The van der Waals surface area contributed by atoms with Crippen molar-refractivity contribution in [2.75, 3.05) is 6.54 Å². The fourth-order valence-corrected chi connectivity index (χ4v) is 3.58. The van der Waals surface area contributed by atoms with Crippen molar-refractivity contribution in [2.45, 2.75) is 45.3 Å². The van der Waals surface area contributed by atoms with Crippen LogP contribution >= 0.6 is 0 Å². The summed E-state index contributed by atoms with van der Waals surface area (Å²) in [6, 6.07) is 3.40. The van der Waals surface area contributed by atoms with Crippen molar-refractivity contribution in [3.63, 3.8) is 0 Å². The highest BCUT2D eigenvalue weighted by molar-refractivity contribution is 5.89. The Balaban J connectivity index is 1.37. The van der Waals surface area contributed by atoms with E-state index < -0.39 is 0 Å². The predicted octanol–water partition coefficient (Wildman–Crippen LogP) is 1.04. The molecular weight excluding hydrogens is 322 g/mol.